The second kappa shape index (κ2) is 10.0. The lowest BCUT2D eigenvalue weighted by Gasteiger charge is -2.10. The minimum absolute atomic E-state index is 0.0436. The molecule has 2 heteroatoms. The quantitative estimate of drug-likeness (QED) is 0.429. The van der Waals surface area contributed by atoms with Gasteiger partial charge in [0, 0.05) is 6.42 Å². The fraction of sp³-hybridized carbons (Fsp3) is 0.923. The summed E-state index contributed by atoms with van der Waals surface area (Å²) in [6.07, 6.45) is 8.08. The van der Waals surface area contributed by atoms with Gasteiger partial charge in [-0.2, -0.15) is 0 Å². The van der Waals surface area contributed by atoms with Gasteiger partial charge in [-0.3, -0.25) is 4.79 Å². The van der Waals surface area contributed by atoms with Crippen LogP contribution in [0.25, 0.3) is 0 Å². The second-order valence-corrected chi connectivity index (χ2v) is 4.30. The molecule has 1 atom stereocenters. The Morgan fingerprint density at radius 1 is 1.13 bits per heavy atom. The fourth-order valence-corrected chi connectivity index (χ4v) is 1.66. The summed E-state index contributed by atoms with van der Waals surface area (Å²) in [5.74, 6) is 0.615. The Morgan fingerprint density at radius 2 is 1.87 bits per heavy atom. The summed E-state index contributed by atoms with van der Waals surface area (Å²) < 4.78 is 4.90. The van der Waals surface area contributed by atoms with Gasteiger partial charge in [-0.1, -0.05) is 46.0 Å². The molecule has 0 aromatic rings. The molecule has 0 amide bonds. The molecule has 2 nitrogen and oxygen atoms in total. The largest absolute Gasteiger partial charge is 0.466 e. The van der Waals surface area contributed by atoms with Crippen molar-refractivity contribution >= 4 is 5.97 Å². The van der Waals surface area contributed by atoms with Crippen molar-refractivity contribution in [3.63, 3.8) is 0 Å². The first-order valence-electron chi connectivity index (χ1n) is 6.36. The highest BCUT2D eigenvalue weighted by Crippen LogP contribution is 2.15. The zero-order chi connectivity index (χ0) is 11.5. The van der Waals surface area contributed by atoms with Gasteiger partial charge < -0.3 is 4.74 Å². The van der Waals surface area contributed by atoms with E-state index in [2.05, 4.69) is 13.8 Å². The first-order valence-corrected chi connectivity index (χ1v) is 6.36. The van der Waals surface area contributed by atoms with E-state index in [9.17, 15) is 4.79 Å². The molecule has 0 rings (SSSR count). The van der Waals surface area contributed by atoms with Crippen LogP contribution in [0.4, 0.5) is 0 Å². The average molecular weight is 214 g/mol. The van der Waals surface area contributed by atoms with Crippen LogP contribution in [0.3, 0.4) is 0 Å². The lowest BCUT2D eigenvalue weighted by molar-refractivity contribution is -0.143. The summed E-state index contributed by atoms with van der Waals surface area (Å²) in [5.41, 5.74) is 0. The van der Waals surface area contributed by atoms with Gasteiger partial charge in [0.2, 0.25) is 0 Å². The zero-order valence-corrected chi connectivity index (χ0v) is 10.6. The van der Waals surface area contributed by atoms with Gasteiger partial charge >= 0.3 is 5.97 Å². The van der Waals surface area contributed by atoms with Gasteiger partial charge in [0.1, 0.15) is 0 Å². The first-order chi connectivity index (χ1) is 7.20. The number of carbonyl (C=O) groups is 1. The van der Waals surface area contributed by atoms with Gasteiger partial charge in [-0.15, -0.1) is 0 Å². The predicted molar refractivity (Wildman–Crippen MR) is 63.8 cm³/mol. The molecule has 0 saturated carbocycles. The van der Waals surface area contributed by atoms with E-state index in [-0.39, 0.29) is 5.97 Å². The van der Waals surface area contributed by atoms with Crippen LogP contribution in [-0.4, -0.2) is 12.6 Å². The van der Waals surface area contributed by atoms with Crippen molar-refractivity contribution in [1.82, 2.24) is 0 Å². The van der Waals surface area contributed by atoms with E-state index in [0.717, 1.165) is 6.42 Å². The van der Waals surface area contributed by atoms with E-state index in [4.69, 9.17) is 4.74 Å². The van der Waals surface area contributed by atoms with E-state index in [1.807, 2.05) is 6.92 Å². The molecule has 0 unspecified atom stereocenters. The van der Waals surface area contributed by atoms with E-state index in [1.165, 1.54) is 32.1 Å². The Bertz CT molecular complexity index is 155. The van der Waals surface area contributed by atoms with Crippen LogP contribution in [0.5, 0.6) is 0 Å². The minimum Gasteiger partial charge on any atom is -0.466 e. The van der Waals surface area contributed by atoms with E-state index < -0.39 is 0 Å². The van der Waals surface area contributed by atoms with Crippen molar-refractivity contribution in [2.24, 2.45) is 5.92 Å². The van der Waals surface area contributed by atoms with Crippen molar-refractivity contribution in [3.05, 3.63) is 0 Å². The van der Waals surface area contributed by atoms with Crippen LogP contribution in [0.2, 0.25) is 0 Å². The van der Waals surface area contributed by atoms with Gasteiger partial charge in [0.25, 0.3) is 0 Å². The van der Waals surface area contributed by atoms with Crippen molar-refractivity contribution < 1.29 is 9.53 Å². The Morgan fingerprint density at radius 3 is 2.47 bits per heavy atom. The van der Waals surface area contributed by atoms with Crippen LogP contribution in [0.15, 0.2) is 0 Å². The molecule has 0 spiro atoms. The zero-order valence-electron chi connectivity index (χ0n) is 10.6. The lowest BCUT2D eigenvalue weighted by atomic mass is 9.98. The Hall–Kier alpha value is -0.530. The second-order valence-electron chi connectivity index (χ2n) is 4.30. The monoisotopic (exact) mass is 214 g/mol. The highest BCUT2D eigenvalue weighted by Gasteiger charge is 2.06. The van der Waals surface area contributed by atoms with Crippen LogP contribution >= 0.6 is 0 Å². The number of hydrogen-bond acceptors (Lipinski definition) is 2. The van der Waals surface area contributed by atoms with Crippen molar-refractivity contribution in [2.45, 2.75) is 65.7 Å². The van der Waals surface area contributed by atoms with E-state index in [1.54, 1.807) is 0 Å². The maximum atomic E-state index is 11.1. The highest BCUT2D eigenvalue weighted by atomic mass is 16.5. The lowest BCUT2D eigenvalue weighted by Crippen LogP contribution is -2.06. The van der Waals surface area contributed by atoms with Crippen LogP contribution in [0.1, 0.15) is 65.7 Å². The fourth-order valence-electron chi connectivity index (χ4n) is 1.66. The summed E-state index contributed by atoms with van der Waals surface area (Å²) in [5, 5.41) is 0. The first kappa shape index (κ1) is 14.5. The van der Waals surface area contributed by atoms with Crippen molar-refractivity contribution in [1.29, 1.82) is 0 Å². The maximum Gasteiger partial charge on any atom is 0.305 e. The molecular weight excluding hydrogens is 188 g/mol. The summed E-state index contributed by atoms with van der Waals surface area (Å²) in [4.78, 5) is 11.1. The van der Waals surface area contributed by atoms with Crippen molar-refractivity contribution in [2.75, 3.05) is 6.61 Å². The predicted octanol–water partition coefficient (Wildman–Crippen LogP) is 3.94. The standard InChI is InChI=1S/C13H26O2/c1-4-6-7-8-9-12(3)10-11-13(14)15-5-2/h12H,4-11H2,1-3H3/t12-/m1/s1. The summed E-state index contributed by atoms with van der Waals surface area (Å²) in [6, 6.07) is 0. The summed E-state index contributed by atoms with van der Waals surface area (Å²) in [6.45, 7) is 6.81. The molecular formula is C13H26O2. The number of hydrogen-bond donors (Lipinski definition) is 0. The Balaban J connectivity index is 3.32. The summed E-state index contributed by atoms with van der Waals surface area (Å²) >= 11 is 0. The number of ether oxygens (including phenoxy) is 1. The third-order valence-electron chi connectivity index (χ3n) is 2.70. The molecule has 0 aliphatic heterocycles. The van der Waals surface area contributed by atoms with E-state index >= 15 is 0 Å². The molecule has 0 bridgehead atoms. The van der Waals surface area contributed by atoms with Crippen LogP contribution < -0.4 is 0 Å². The molecule has 0 aliphatic rings. The van der Waals surface area contributed by atoms with Gasteiger partial charge in [0.15, 0.2) is 0 Å². The van der Waals surface area contributed by atoms with Gasteiger partial charge in [0.05, 0.1) is 6.61 Å². The Kier molecular flexibility index (Phi) is 9.65. The Labute approximate surface area is 94.4 Å². The number of unbranched alkanes of at least 4 members (excludes halogenated alkanes) is 3. The normalized spacial score (nSPS) is 12.5. The average Bonchev–Trinajstić information content (AvgIpc) is 2.22. The summed E-state index contributed by atoms with van der Waals surface area (Å²) in [7, 11) is 0. The van der Waals surface area contributed by atoms with Crippen LogP contribution in [0, 0.1) is 5.92 Å². The number of carbonyl (C=O) groups excluding carboxylic acids is 1. The maximum absolute atomic E-state index is 11.1. The topological polar surface area (TPSA) is 26.3 Å². The highest BCUT2D eigenvalue weighted by molar-refractivity contribution is 5.69. The number of esters is 1. The molecule has 0 saturated heterocycles. The molecule has 0 aromatic carbocycles. The molecule has 0 heterocycles. The molecule has 0 aliphatic carbocycles. The third-order valence-corrected chi connectivity index (χ3v) is 2.70. The molecule has 15 heavy (non-hydrogen) atoms. The van der Waals surface area contributed by atoms with Crippen LogP contribution in [-0.2, 0) is 9.53 Å². The molecule has 0 N–H and O–H groups in total. The molecule has 0 fully saturated rings. The SMILES string of the molecule is CCCCCC[C@@H](C)CCC(=O)OCC. The number of rotatable bonds is 9. The van der Waals surface area contributed by atoms with E-state index in [0.29, 0.717) is 18.9 Å². The molecule has 0 aromatic heterocycles. The molecule has 90 valence electrons. The molecule has 0 radical (unpaired) electrons. The smallest absolute Gasteiger partial charge is 0.305 e. The van der Waals surface area contributed by atoms with Gasteiger partial charge in [-0.25, -0.2) is 0 Å². The van der Waals surface area contributed by atoms with Gasteiger partial charge in [-0.05, 0) is 19.3 Å². The third kappa shape index (κ3) is 9.77. The van der Waals surface area contributed by atoms with Crippen molar-refractivity contribution in [3.8, 4) is 0 Å². The minimum atomic E-state index is -0.0436.